The molecular weight excluding hydrogens is 186 g/mol. The van der Waals surface area contributed by atoms with Crippen LogP contribution >= 0.6 is 0 Å². The fraction of sp³-hybridized carbons (Fsp3) is 0.846. The molecule has 15 heavy (non-hydrogen) atoms. The highest BCUT2D eigenvalue weighted by atomic mass is 16.5. The lowest BCUT2D eigenvalue weighted by atomic mass is 10.1. The molecule has 4 atom stereocenters. The first-order valence-corrected chi connectivity index (χ1v) is 6.13. The fourth-order valence-corrected chi connectivity index (χ4v) is 2.74. The zero-order chi connectivity index (χ0) is 10.7. The molecule has 2 heteroatoms. The first-order valence-electron chi connectivity index (χ1n) is 6.13. The standard InChI is InChI=1S/C13H21NO/c1-3-12(13-5-4-8-15-13)14-11-7-6-10(2)9-11/h1,10-14H,4-9H2,2H3. The summed E-state index contributed by atoms with van der Waals surface area (Å²) in [5, 5.41) is 3.58. The smallest absolute Gasteiger partial charge is 0.0954 e. The highest BCUT2D eigenvalue weighted by Gasteiger charge is 2.29. The number of hydrogen-bond acceptors (Lipinski definition) is 2. The Kier molecular flexibility index (Phi) is 3.66. The molecule has 0 bridgehead atoms. The van der Waals surface area contributed by atoms with Gasteiger partial charge in [-0.2, -0.15) is 0 Å². The Labute approximate surface area is 92.8 Å². The highest BCUT2D eigenvalue weighted by molar-refractivity contribution is 5.05. The molecule has 2 nitrogen and oxygen atoms in total. The van der Waals surface area contributed by atoms with Crippen LogP contribution in [0.5, 0.6) is 0 Å². The summed E-state index contributed by atoms with van der Waals surface area (Å²) in [5.41, 5.74) is 0. The average Bonchev–Trinajstić information content (AvgIpc) is 2.85. The summed E-state index contributed by atoms with van der Waals surface area (Å²) in [6.45, 7) is 3.20. The molecule has 1 aliphatic heterocycles. The molecule has 0 radical (unpaired) electrons. The van der Waals surface area contributed by atoms with E-state index in [4.69, 9.17) is 11.2 Å². The minimum Gasteiger partial charge on any atom is -0.376 e. The van der Waals surface area contributed by atoms with Gasteiger partial charge in [-0.25, -0.2) is 0 Å². The van der Waals surface area contributed by atoms with Gasteiger partial charge in [-0.1, -0.05) is 12.8 Å². The maximum atomic E-state index is 5.64. The summed E-state index contributed by atoms with van der Waals surface area (Å²) in [7, 11) is 0. The molecule has 4 unspecified atom stereocenters. The van der Waals surface area contributed by atoms with E-state index < -0.39 is 0 Å². The lowest BCUT2D eigenvalue weighted by Gasteiger charge is -2.23. The molecule has 84 valence electrons. The van der Waals surface area contributed by atoms with Crippen LogP contribution in [0, 0.1) is 18.3 Å². The predicted octanol–water partition coefficient (Wildman–Crippen LogP) is 1.95. The van der Waals surface area contributed by atoms with Gasteiger partial charge in [0.05, 0.1) is 12.1 Å². The molecule has 1 heterocycles. The molecule has 0 aromatic rings. The van der Waals surface area contributed by atoms with Crippen LogP contribution < -0.4 is 5.32 Å². The summed E-state index contributed by atoms with van der Waals surface area (Å²) >= 11 is 0. The largest absolute Gasteiger partial charge is 0.376 e. The lowest BCUT2D eigenvalue weighted by Crippen LogP contribution is -2.43. The summed E-state index contributed by atoms with van der Waals surface area (Å²) in [4.78, 5) is 0. The number of hydrogen-bond donors (Lipinski definition) is 1. The molecule has 1 saturated heterocycles. The topological polar surface area (TPSA) is 21.3 Å². The summed E-state index contributed by atoms with van der Waals surface area (Å²) in [6, 6.07) is 0.744. The third-order valence-electron chi connectivity index (χ3n) is 3.63. The number of nitrogens with one attached hydrogen (secondary N) is 1. The van der Waals surface area contributed by atoms with Gasteiger partial charge in [0.2, 0.25) is 0 Å². The molecule has 1 aliphatic carbocycles. The van der Waals surface area contributed by atoms with Crippen LogP contribution in [0.15, 0.2) is 0 Å². The van der Waals surface area contributed by atoms with Gasteiger partial charge in [-0.05, 0) is 38.0 Å². The Bertz CT molecular complexity index is 239. The van der Waals surface area contributed by atoms with Crippen molar-refractivity contribution in [2.75, 3.05) is 6.61 Å². The van der Waals surface area contributed by atoms with Crippen molar-refractivity contribution in [1.29, 1.82) is 0 Å². The Hall–Kier alpha value is -0.520. The van der Waals surface area contributed by atoms with E-state index in [-0.39, 0.29) is 12.1 Å². The Morgan fingerprint density at radius 1 is 1.40 bits per heavy atom. The summed E-state index contributed by atoms with van der Waals surface area (Å²) in [5.74, 6) is 3.70. The van der Waals surface area contributed by atoms with E-state index in [0.717, 1.165) is 25.4 Å². The normalized spacial score (nSPS) is 37.7. The summed E-state index contributed by atoms with van der Waals surface area (Å²) in [6.07, 6.45) is 12.0. The van der Waals surface area contributed by atoms with E-state index >= 15 is 0 Å². The minimum absolute atomic E-state index is 0.128. The van der Waals surface area contributed by atoms with E-state index in [0.29, 0.717) is 6.04 Å². The van der Waals surface area contributed by atoms with Crippen LogP contribution in [0.25, 0.3) is 0 Å². The second-order valence-corrected chi connectivity index (χ2v) is 4.98. The monoisotopic (exact) mass is 207 g/mol. The van der Waals surface area contributed by atoms with E-state index in [2.05, 4.69) is 18.2 Å². The van der Waals surface area contributed by atoms with Crippen LogP contribution in [-0.4, -0.2) is 24.8 Å². The van der Waals surface area contributed by atoms with E-state index in [1.165, 1.54) is 19.3 Å². The van der Waals surface area contributed by atoms with Crippen LogP contribution in [0.4, 0.5) is 0 Å². The second kappa shape index (κ2) is 5.01. The molecule has 1 N–H and O–H groups in total. The lowest BCUT2D eigenvalue weighted by molar-refractivity contribution is 0.0903. The number of ether oxygens (including phenoxy) is 1. The molecule has 1 saturated carbocycles. The zero-order valence-electron chi connectivity index (χ0n) is 9.54. The van der Waals surface area contributed by atoms with Gasteiger partial charge >= 0.3 is 0 Å². The van der Waals surface area contributed by atoms with E-state index in [9.17, 15) is 0 Å². The maximum absolute atomic E-state index is 5.64. The fourth-order valence-electron chi connectivity index (χ4n) is 2.74. The number of rotatable bonds is 3. The van der Waals surface area contributed by atoms with Crippen molar-refractivity contribution in [3.8, 4) is 12.3 Å². The molecule has 2 aliphatic rings. The van der Waals surface area contributed by atoms with Crippen molar-refractivity contribution in [2.24, 2.45) is 5.92 Å². The van der Waals surface area contributed by atoms with Crippen molar-refractivity contribution in [2.45, 2.75) is 57.2 Å². The molecule has 0 amide bonds. The van der Waals surface area contributed by atoms with Gasteiger partial charge in [0, 0.05) is 12.6 Å². The van der Waals surface area contributed by atoms with Crippen molar-refractivity contribution >= 4 is 0 Å². The van der Waals surface area contributed by atoms with Gasteiger partial charge < -0.3 is 4.74 Å². The quantitative estimate of drug-likeness (QED) is 0.714. The molecule has 2 rings (SSSR count). The average molecular weight is 207 g/mol. The van der Waals surface area contributed by atoms with Crippen LogP contribution in [-0.2, 0) is 4.74 Å². The Morgan fingerprint density at radius 2 is 2.27 bits per heavy atom. The summed E-state index contributed by atoms with van der Waals surface area (Å²) < 4.78 is 5.64. The van der Waals surface area contributed by atoms with Crippen LogP contribution in [0.3, 0.4) is 0 Å². The van der Waals surface area contributed by atoms with Crippen molar-refractivity contribution < 1.29 is 4.74 Å². The predicted molar refractivity (Wildman–Crippen MR) is 61.5 cm³/mol. The van der Waals surface area contributed by atoms with Gasteiger partial charge in [-0.3, -0.25) is 5.32 Å². The molecule has 0 aromatic carbocycles. The molecular formula is C13H21NO. The minimum atomic E-state index is 0.128. The molecule has 0 aromatic heterocycles. The van der Waals surface area contributed by atoms with Crippen molar-refractivity contribution in [3.05, 3.63) is 0 Å². The Balaban J connectivity index is 1.83. The van der Waals surface area contributed by atoms with E-state index in [1.54, 1.807) is 0 Å². The van der Waals surface area contributed by atoms with Gasteiger partial charge in [-0.15, -0.1) is 6.42 Å². The van der Waals surface area contributed by atoms with Crippen molar-refractivity contribution in [3.63, 3.8) is 0 Å². The van der Waals surface area contributed by atoms with Gasteiger partial charge in [0.15, 0.2) is 0 Å². The third kappa shape index (κ3) is 2.74. The first kappa shape index (κ1) is 11.0. The van der Waals surface area contributed by atoms with Crippen LogP contribution in [0.2, 0.25) is 0 Å². The molecule has 2 fully saturated rings. The van der Waals surface area contributed by atoms with Crippen molar-refractivity contribution in [1.82, 2.24) is 5.32 Å². The second-order valence-electron chi connectivity index (χ2n) is 4.98. The van der Waals surface area contributed by atoms with Gasteiger partial charge in [0.25, 0.3) is 0 Å². The van der Waals surface area contributed by atoms with Gasteiger partial charge in [0.1, 0.15) is 0 Å². The number of terminal acetylenes is 1. The SMILES string of the molecule is C#CC(NC1CCC(C)C1)C1CCCO1. The third-order valence-corrected chi connectivity index (χ3v) is 3.63. The zero-order valence-corrected chi connectivity index (χ0v) is 9.54. The molecule has 0 spiro atoms. The van der Waals surface area contributed by atoms with E-state index in [1.807, 2.05) is 0 Å². The Morgan fingerprint density at radius 3 is 2.80 bits per heavy atom. The first-order chi connectivity index (χ1) is 7.29. The maximum Gasteiger partial charge on any atom is 0.0954 e. The van der Waals surface area contributed by atoms with Crippen LogP contribution in [0.1, 0.15) is 39.0 Å². The highest BCUT2D eigenvalue weighted by Crippen LogP contribution is 2.26.